The van der Waals surface area contributed by atoms with Gasteiger partial charge in [0, 0.05) is 17.9 Å². The predicted molar refractivity (Wildman–Crippen MR) is 80.8 cm³/mol. The van der Waals surface area contributed by atoms with E-state index in [4.69, 9.17) is 10.5 Å². The standard InChI is InChI=1S/C16H20N2O/c1-12-4-3-5-13(2)16(12)18-10-11-19-15-8-6-14(17)7-9-15/h3-9,18H,10-11,17H2,1-2H3. The average Bonchev–Trinajstić information content (AvgIpc) is 2.39. The predicted octanol–water partition coefficient (Wildman–Crippen LogP) is 3.38. The van der Waals surface area contributed by atoms with Gasteiger partial charge in [0.05, 0.1) is 0 Å². The second kappa shape index (κ2) is 6.14. The third kappa shape index (κ3) is 3.65. The van der Waals surface area contributed by atoms with Crippen molar-refractivity contribution >= 4 is 11.4 Å². The van der Waals surface area contributed by atoms with E-state index in [9.17, 15) is 0 Å². The lowest BCUT2D eigenvalue weighted by molar-refractivity contribution is 0.333. The first-order valence-electron chi connectivity index (χ1n) is 6.45. The second-order valence-corrected chi connectivity index (χ2v) is 4.61. The molecule has 100 valence electrons. The molecule has 2 aromatic carbocycles. The maximum absolute atomic E-state index is 5.64. The fourth-order valence-electron chi connectivity index (χ4n) is 2.00. The van der Waals surface area contributed by atoms with Gasteiger partial charge in [-0.15, -0.1) is 0 Å². The Bertz CT molecular complexity index is 515. The van der Waals surface area contributed by atoms with Crippen LogP contribution < -0.4 is 15.8 Å². The molecule has 0 saturated carbocycles. The van der Waals surface area contributed by atoms with Gasteiger partial charge in [-0.2, -0.15) is 0 Å². The van der Waals surface area contributed by atoms with Crippen LogP contribution in [-0.2, 0) is 0 Å². The lowest BCUT2D eigenvalue weighted by atomic mass is 10.1. The van der Waals surface area contributed by atoms with Crippen LogP contribution in [0.2, 0.25) is 0 Å². The number of anilines is 2. The summed E-state index contributed by atoms with van der Waals surface area (Å²) in [7, 11) is 0. The van der Waals surface area contributed by atoms with Crippen LogP contribution in [0, 0.1) is 13.8 Å². The minimum Gasteiger partial charge on any atom is -0.492 e. The van der Waals surface area contributed by atoms with Gasteiger partial charge in [0.1, 0.15) is 12.4 Å². The SMILES string of the molecule is Cc1cccc(C)c1NCCOc1ccc(N)cc1. The van der Waals surface area contributed by atoms with Gasteiger partial charge in [0.25, 0.3) is 0 Å². The molecule has 3 heteroatoms. The average molecular weight is 256 g/mol. The summed E-state index contributed by atoms with van der Waals surface area (Å²) in [6.07, 6.45) is 0. The van der Waals surface area contributed by atoms with Crippen LogP contribution in [0.25, 0.3) is 0 Å². The topological polar surface area (TPSA) is 47.3 Å². The van der Waals surface area contributed by atoms with Crippen molar-refractivity contribution < 1.29 is 4.74 Å². The molecule has 0 amide bonds. The van der Waals surface area contributed by atoms with Crippen LogP contribution in [0.3, 0.4) is 0 Å². The molecule has 0 aliphatic heterocycles. The molecule has 0 aliphatic rings. The first kappa shape index (κ1) is 13.3. The molecule has 0 heterocycles. The number of aryl methyl sites for hydroxylation is 2. The molecule has 0 radical (unpaired) electrons. The smallest absolute Gasteiger partial charge is 0.119 e. The van der Waals surface area contributed by atoms with Crippen LogP contribution >= 0.6 is 0 Å². The van der Waals surface area contributed by atoms with Gasteiger partial charge >= 0.3 is 0 Å². The van der Waals surface area contributed by atoms with E-state index in [1.807, 2.05) is 24.3 Å². The van der Waals surface area contributed by atoms with Gasteiger partial charge in [-0.1, -0.05) is 18.2 Å². The normalized spacial score (nSPS) is 10.2. The number of nitrogens with two attached hydrogens (primary N) is 1. The Labute approximate surface area is 114 Å². The Morgan fingerprint density at radius 2 is 1.63 bits per heavy atom. The van der Waals surface area contributed by atoms with E-state index in [1.165, 1.54) is 16.8 Å². The highest BCUT2D eigenvalue weighted by Crippen LogP contribution is 2.19. The molecule has 0 aromatic heterocycles. The summed E-state index contributed by atoms with van der Waals surface area (Å²) in [4.78, 5) is 0. The fraction of sp³-hybridized carbons (Fsp3) is 0.250. The third-order valence-electron chi connectivity index (χ3n) is 3.03. The zero-order chi connectivity index (χ0) is 13.7. The van der Waals surface area contributed by atoms with Crippen molar-refractivity contribution in [3.63, 3.8) is 0 Å². The van der Waals surface area contributed by atoms with Gasteiger partial charge < -0.3 is 15.8 Å². The number of nitrogen functional groups attached to an aromatic ring is 1. The number of rotatable bonds is 5. The Balaban J connectivity index is 1.82. The highest BCUT2D eigenvalue weighted by atomic mass is 16.5. The molecule has 2 rings (SSSR count). The van der Waals surface area contributed by atoms with E-state index in [0.29, 0.717) is 6.61 Å². The lowest BCUT2D eigenvalue weighted by Gasteiger charge is -2.13. The molecule has 0 saturated heterocycles. The zero-order valence-corrected chi connectivity index (χ0v) is 11.4. The van der Waals surface area contributed by atoms with Gasteiger partial charge in [-0.3, -0.25) is 0 Å². The lowest BCUT2D eigenvalue weighted by Crippen LogP contribution is -2.13. The molecule has 3 N–H and O–H groups in total. The van der Waals surface area contributed by atoms with Gasteiger partial charge in [-0.25, -0.2) is 0 Å². The van der Waals surface area contributed by atoms with Crippen molar-refractivity contribution in [3.8, 4) is 5.75 Å². The fourth-order valence-corrected chi connectivity index (χ4v) is 2.00. The van der Waals surface area contributed by atoms with Crippen molar-refractivity contribution in [2.24, 2.45) is 0 Å². The number of ether oxygens (including phenoxy) is 1. The van der Waals surface area contributed by atoms with Crippen molar-refractivity contribution in [3.05, 3.63) is 53.6 Å². The molecule has 0 atom stereocenters. The van der Waals surface area contributed by atoms with E-state index in [-0.39, 0.29) is 0 Å². The van der Waals surface area contributed by atoms with Gasteiger partial charge in [0.15, 0.2) is 0 Å². The van der Waals surface area contributed by atoms with Crippen LogP contribution in [0.15, 0.2) is 42.5 Å². The van der Waals surface area contributed by atoms with Crippen molar-refractivity contribution in [2.75, 3.05) is 24.2 Å². The largest absolute Gasteiger partial charge is 0.492 e. The number of hydrogen-bond acceptors (Lipinski definition) is 3. The van der Waals surface area contributed by atoms with Crippen LogP contribution in [0.4, 0.5) is 11.4 Å². The quantitative estimate of drug-likeness (QED) is 0.637. The summed E-state index contributed by atoms with van der Waals surface area (Å²) in [5.74, 6) is 0.845. The number of benzene rings is 2. The summed E-state index contributed by atoms with van der Waals surface area (Å²) < 4.78 is 5.64. The highest BCUT2D eigenvalue weighted by molar-refractivity contribution is 5.56. The Kier molecular flexibility index (Phi) is 4.29. The third-order valence-corrected chi connectivity index (χ3v) is 3.03. The molecule has 0 aliphatic carbocycles. The molecule has 3 nitrogen and oxygen atoms in total. The van der Waals surface area contributed by atoms with E-state index >= 15 is 0 Å². The first-order chi connectivity index (χ1) is 9.16. The first-order valence-corrected chi connectivity index (χ1v) is 6.45. The molecule has 0 spiro atoms. The van der Waals surface area contributed by atoms with Gasteiger partial charge in [0.2, 0.25) is 0 Å². The van der Waals surface area contributed by atoms with Crippen LogP contribution in [0.1, 0.15) is 11.1 Å². The second-order valence-electron chi connectivity index (χ2n) is 4.61. The summed E-state index contributed by atoms with van der Waals surface area (Å²) in [6.45, 7) is 5.61. The molecule has 0 fully saturated rings. The molecule has 0 unspecified atom stereocenters. The maximum atomic E-state index is 5.64. The van der Waals surface area contributed by atoms with Crippen molar-refractivity contribution in [1.82, 2.24) is 0 Å². The van der Waals surface area contributed by atoms with Crippen molar-refractivity contribution in [1.29, 1.82) is 0 Å². The highest BCUT2D eigenvalue weighted by Gasteiger charge is 2.00. The molecular weight excluding hydrogens is 236 g/mol. The maximum Gasteiger partial charge on any atom is 0.119 e. The summed E-state index contributed by atoms with van der Waals surface area (Å²) in [5.41, 5.74) is 10.1. The Morgan fingerprint density at radius 3 is 2.26 bits per heavy atom. The number of para-hydroxylation sites is 1. The Hall–Kier alpha value is -2.16. The zero-order valence-electron chi connectivity index (χ0n) is 11.4. The monoisotopic (exact) mass is 256 g/mol. The summed E-state index contributed by atoms with van der Waals surface area (Å²) in [5, 5.41) is 3.41. The molecule has 0 bridgehead atoms. The molecular formula is C16H20N2O. The molecule has 2 aromatic rings. The van der Waals surface area contributed by atoms with E-state index in [0.717, 1.165) is 18.0 Å². The van der Waals surface area contributed by atoms with E-state index in [2.05, 4.69) is 37.4 Å². The van der Waals surface area contributed by atoms with Crippen LogP contribution in [-0.4, -0.2) is 13.2 Å². The molecule has 19 heavy (non-hydrogen) atoms. The van der Waals surface area contributed by atoms with Gasteiger partial charge in [-0.05, 0) is 49.2 Å². The number of nitrogens with one attached hydrogen (secondary N) is 1. The summed E-state index contributed by atoms with van der Waals surface area (Å²) in [6, 6.07) is 13.7. The van der Waals surface area contributed by atoms with E-state index < -0.39 is 0 Å². The minimum atomic E-state index is 0.623. The number of hydrogen-bond donors (Lipinski definition) is 2. The van der Waals surface area contributed by atoms with Crippen molar-refractivity contribution in [2.45, 2.75) is 13.8 Å². The minimum absolute atomic E-state index is 0.623. The Morgan fingerprint density at radius 1 is 1.00 bits per heavy atom. The van der Waals surface area contributed by atoms with E-state index in [1.54, 1.807) is 0 Å². The summed E-state index contributed by atoms with van der Waals surface area (Å²) >= 11 is 0. The van der Waals surface area contributed by atoms with Crippen LogP contribution in [0.5, 0.6) is 5.75 Å².